The summed E-state index contributed by atoms with van der Waals surface area (Å²) in [5.41, 5.74) is 0.150. The molecule has 2 aromatic rings. The highest BCUT2D eigenvalue weighted by Crippen LogP contribution is 2.03. The van der Waals surface area contributed by atoms with E-state index in [4.69, 9.17) is 0 Å². The number of amides is 1. The summed E-state index contributed by atoms with van der Waals surface area (Å²) < 4.78 is 1.30. The van der Waals surface area contributed by atoms with E-state index in [1.54, 1.807) is 13.1 Å². The number of aromatic amines is 1. The van der Waals surface area contributed by atoms with Crippen LogP contribution in [-0.2, 0) is 4.79 Å². The second-order valence-electron chi connectivity index (χ2n) is 3.38. The minimum absolute atomic E-state index is 0.0467. The molecule has 0 aliphatic heterocycles. The average Bonchev–Trinajstić information content (AvgIpc) is 2.70. The Kier molecular flexibility index (Phi) is 3.03. The monoisotopic (exact) mass is 236 g/mol. The van der Waals surface area contributed by atoms with Gasteiger partial charge < -0.3 is 10.6 Å². The van der Waals surface area contributed by atoms with E-state index in [1.807, 2.05) is 0 Å². The van der Waals surface area contributed by atoms with Gasteiger partial charge in [-0.3, -0.25) is 4.79 Å². The smallest absolute Gasteiger partial charge is 0.348 e. The molecule has 0 unspecified atom stereocenters. The molecule has 0 aliphatic rings. The van der Waals surface area contributed by atoms with Crippen molar-refractivity contribution in [3.63, 3.8) is 0 Å². The molecule has 0 aliphatic carbocycles. The predicted molar refractivity (Wildman–Crippen MR) is 60.8 cm³/mol. The van der Waals surface area contributed by atoms with E-state index in [9.17, 15) is 9.59 Å². The number of nitrogens with one attached hydrogen (secondary N) is 3. The van der Waals surface area contributed by atoms with Crippen LogP contribution >= 0.6 is 0 Å². The highest BCUT2D eigenvalue weighted by Gasteiger charge is 2.02. The maximum atomic E-state index is 11.2. The molecular weight excluding hydrogens is 224 g/mol. The van der Waals surface area contributed by atoms with Crippen LogP contribution in [0.15, 0.2) is 17.2 Å². The van der Waals surface area contributed by atoms with E-state index in [0.29, 0.717) is 24.4 Å². The average molecular weight is 236 g/mol. The molecule has 1 amide bonds. The standard InChI is InChI=1S/C9H12N6O2/c1-10-8(16)2-3-11-6-4-7-13-14-9(17)15(7)5-12-6/h4-5,11H,2-3H2,1H3,(H,10,16)(H,14,17). The summed E-state index contributed by atoms with van der Waals surface area (Å²) in [6, 6.07) is 1.63. The fourth-order valence-electron chi connectivity index (χ4n) is 1.34. The molecule has 0 spiro atoms. The number of anilines is 1. The highest BCUT2D eigenvalue weighted by atomic mass is 16.2. The number of carbonyl (C=O) groups excluding carboxylic acids is 1. The minimum atomic E-state index is -0.329. The van der Waals surface area contributed by atoms with Crippen LogP contribution < -0.4 is 16.3 Å². The van der Waals surface area contributed by atoms with Crippen LogP contribution in [0.5, 0.6) is 0 Å². The molecule has 0 radical (unpaired) electrons. The van der Waals surface area contributed by atoms with Crippen molar-refractivity contribution in [3.05, 3.63) is 22.9 Å². The van der Waals surface area contributed by atoms with Crippen LogP contribution in [0, 0.1) is 0 Å². The zero-order valence-corrected chi connectivity index (χ0v) is 9.23. The highest BCUT2D eigenvalue weighted by molar-refractivity contribution is 5.76. The van der Waals surface area contributed by atoms with Gasteiger partial charge in [0.05, 0.1) is 0 Å². The van der Waals surface area contributed by atoms with Crippen molar-refractivity contribution in [1.29, 1.82) is 0 Å². The Morgan fingerprint density at radius 1 is 1.59 bits per heavy atom. The lowest BCUT2D eigenvalue weighted by Gasteiger charge is -2.04. The Morgan fingerprint density at radius 3 is 3.18 bits per heavy atom. The molecule has 0 saturated heterocycles. The second-order valence-corrected chi connectivity index (χ2v) is 3.38. The van der Waals surface area contributed by atoms with Gasteiger partial charge in [-0.25, -0.2) is 19.3 Å². The first-order valence-corrected chi connectivity index (χ1v) is 5.08. The Hall–Kier alpha value is -2.38. The van der Waals surface area contributed by atoms with Gasteiger partial charge in [0.25, 0.3) is 0 Å². The Labute approximate surface area is 96.1 Å². The first-order chi connectivity index (χ1) is 8.20. The lowest BCUT2D eigenvalue weighted by molar-refractivity contribution is -0.120. The van der Waals surface area contributed by atoms with Crippen LogP contribution in [0.4, 0.5) is 5.82 Å². The normalized spacial score (nSPS) is 10.4. The number of hydrogen-bond donors (Lipinski definition) is 3. The molecule has 2 aromatic heterocycles. The predicted octanol–water partition coefficient (Wildman–Crippen LogP) is -1.03. The molecule has 0 aromatic carbocycles. The number of aromatic nitrogens is 4. The number of hydrogen-bond acceptors (Lipinski definition) is 5. The van der Waals surface area contributed by atoms with Gasteiger partial charge in [-0.2, -0.15) is 5.10 Å². The van der Waals surface area contributed by atoms with Crippen molar-refractivity contribution in [2.45, 2.75) is 6.42 Å². The molecule has 8 heteroatoms. The molecule has 3 N–H and O–H groups in total. The molecule has 0 fully saturated rings. The lowest BCUT2D eigenvalue weighted by Crippen LogP contribution is -2.21. The van der Waals surface area contributed by atoms with E-state index in [2.05, 4.69) is 25.8 Å². The van der Waals surface area contributed by atoms with Gasteiger partial charge in [-0.05, 0) is 0 Å². The fourth-order valence-corrected chi connectivity index (χ4v) is 1.34. The van der Waals surface area contributed by atoms with Gasteiger partial charge in [0.1, 0.15) is 12.1 Å². The number of nitrogens with zero attached hydrogens (tertiary/aromatic N) is 3. The largest absolute Gasteiger partial charge is 0.369 e. The third-order valence-electron chi connectivity index (χ3n) is 2.25. The van der Waals surface area contributed by atoms with E-state index < -0.39 is 0 Å². The number of fused-ring (bicyclic) bond motifs is 1. The summed E-state index contributed by atoms with van der Waals surface area (Å²) >= 11 is 0. The summed E-state index contributed by atoms with van der Waals surface area (Å²) in [4.78, 5) is 26.2. The van der Waals surface area contributed by atoms with Gasteiger partial charge >= 0.3 is 5.69 Å². The van der Waals surface area contributed by atoms with Crippen molar-refractivity contribution < 1.29 is 4.79 Å². The summed E-state index contributed by atoms with van der Waals surface area (Å²) in [5.74, 6) is 0.523. The van der Waals surface area contributed by atoms with Gasteiger partial charge in [-0.1, -0.05) is 0 Å². The molecule has 0 saturated carbocycles. The fraction of sp³-hybridized carbons (Fsp3) is 0.333. The van der Waals surface area contributed by atoms with Gasteiger partial charge in [-0.15, -0.1) is 0 Å². The molecule has 8 nitrogen and oxygen atoms in total. The first kappa shape index (κ1) is 11.1. The third-order valence-corrected chi connectivity index (χ3v) is 2.25. The van der Waals surface area contributed by atoms with Crippen molar-refractivity contribution in [2.75, 3.05) is 18.9 Å². The minimum Gasteiger partial charge on any atom is -0.369 e. The molecule has 0 bridgehead atoms. The zero-order chi connectivity index (χ0) is 12.3. The van der Waals surface area contributed by atoms with Gasteiger partial charge in [0.2, 0.25) is 5.91 Å². The second kappa shape index (κ2) is 4.64. The van der Waals surface area contributed by atoms with Gasteiger partial charge in [0.15, 0.2) is 5.65 Å². The number of carbonyl (C=O) groups is 1. The quantitative estimate of drug-likeness (QED) is 0.629. The molecule has 0 atom stereocenters. The summed E-state index contributed by atoms with van der Waals surface area (Å²) in [5, 5.41) is 11.6. The van der Waals surface area contributed by atoms with Crippen LogP contribution in [0.3, 0.4) is 0 Å². The van der Waals surface area contributed by atoms with Crippen molar-refractivity contribution >= 4 is 17.4 Å². The topological polar surface area (TPSA) is 104 Å². The van der Waals surface area contributed by atoms with Crippen molar-refractivity contribution in [1.82, 2.24) is 24.9 Å². The number of rotatable bonds is 4. The molecular formula is C9H12N6O2. The molecule has 17 heavy (non-hydrogen) atoms. The molecule has 90 valence electrons. The van der Waals surface area contributed by atoms with Crippen LogP contribution in [-0.4, -0.2) is 39.1 Å². The summed E-state index contributed by atoms with van der Waals surface area (Å²) in [6.45, 7) is 0.470. The Morgan fingerprint density at radius 2 is 2.41 bits per heavy atom. The van der Waals surface area contributed by atoms with Crippen LogP contribution in [0.1, 0.15) is 6.42 Å². The SMILES string of the molecule is CNC(=O)CCNc1cc2n[nH]c(=O)n2cn1. The summed E-state index contributed by atoms with van der Waals surface area (Å²) in [6.07, 6.45) is 1.74. The van der Waals surface area contributed by atoms with Crippen molar-refractivity contribution in [2.24, 2.45) is 0 Å². The lowest BCUT2D eigenvalue weighted by atomic mass is 10.4. The maximum absolute atomic E-state index is 11.2. The van der Waals surface area contributed by atoms with E-state index in [0.717, 1.165) is 0 Å². The number of H-pyrrole nitrogens is 1. The van der Waals surface area contributed by atoms with Crippen LogP contribution in [0.25, 0.3) is 5.65 Å². The third kappa shape index (κ3) is 2.41. The van der Waals surface area contributed by atoms with Crippen molar-refractivity contribution in [3.8, 4) is 0 Å². The molecule has 2 heterocycles. The maximum Gasteiger partial charge on any atom is 0.348 e. The first-order valence-electron chi connectivity index (χ1n) is 5.08. The zero-order valence-electron chi connectivity index (χ0n) is 9.23. The van der Waals surface area contributed by atoms with E-state index >= 15 is 0 Å². The summed E-state index contributed by atoms with van der Waals surface area (Å²) in [7, 11) is 1.59. The Bertz CT molecular complexity index is 586. The van der Waals surface area contributed by atoms with E-state index in [1.165, 1.54) is 10.7 Å². The van der Waals surface area contributed by atoms with E-state index in [-0.39, 0.29) is 11.6 Å². The Balaban J connectivity index is 2.04. The van der Waals surface area contributed by atoms with Gasteiger partial charge in [0, 0.05) is 26.1 Å². The van der Waals surface area contributed by atoms with Crippen LogP contribution in [0.2, 0.25) is 0 Å². The molecule has 2 rings (SSSR count).